The van der Waals surface area contributed by atoms with Gasteiger partial charge in [0.2, 0.25) is 5.91 Å². The van der Waals surface area contributed by atoms with E-state index < -0.39 is 6.10 Å². The van der Waals surface area contributed by atoms with Crippen molar-refractivity contribution in [2.75, 3.05) is 6.54 Å². The van der Waals surface area contributed by atoms with Gasteiger partial charge in [-0.15, -0.1) is 0 Å². The zero-order valence-electron chi connectivity index (χ0n) is 9.93. The summed E-state index contributed by atoms with van der Waals surface area (Å²) in [5.74, 6) is -0.270. The van der Waals surface area contributed by atoms with Crippen molar-refractivity contribution >= 4 is 5.91 Å². The van der Waals surface area contributed by atoms with Crippen LogP contribution in [-0.4, -0.2) is 28.2 Å². The first-order valence-corrected chi connectivity index (χ1v) is 5.73. The van der Waals surface area contributed by atoms with E-state index in [1.807, 2.05) is 6.92 Å². The zero-order chi connectivity index (χ0) is 12.7. The third-order valence-corrected chi connectivity index (χ3v) is 2.37. The minimum absolute atomic E-state index is 0.0154. The van der Waals surface area contributed by atoms with Crippen LogP contribution in [0.1, 0.15) is 19.8 Å². The second kappa shape index (κ2) is 6.85. The van der Waals surface area contributed by atoms with Crippen LogP contribution in [0.2, 0.25) is 0 Å². The van der Waals surface area contributed by atoms with E-state index in [-0.39, 0.29) is 24.6 Å². The lowest BCUT2D eigenvalue weighted by Gasteiger charge is -2.11. The quantitative estimate of drug-likeness (QED) is 0.739. The molecule has 0 aliphatic rings. The summed E-state index contributed by atoms with van der Waals surface area (Å²) in [7, 11) is 0. The lowest BCUT2D eigenvalue weighted by atomic mass is 10.2. The van der Waals surface area contributed by atoms with Gasteiger partial charge in [-0.1, -0.05) is 19.4 Å². The van der Waals surface area contributed by atoms with E-state index in [4.69, 9.17) is 0 Å². The number of hydrogen-bond acceptors (Lipinski definition) is 3. The first-order chi connectivity index (χ1) is 8.13. The van der Waals surface area contributed by atoms with E-state index in [0.29, 0.717) is 6.42 Å². The molecule has 0 aliphatic heterocycles. The summed E-state index contributed by atoms with van der Waals surface area (Å²) in [6.45, 7) is 2.18. The molecule has 0 saturated carbocycles. The molecule has 0 bridgehead atoms. The van der Waals surface area contributed by atoms with Crippen LogP contribution in [0.15, 0.2) is 29.2 Å². The Morgan fingerprint density at radius 2 is 2.29 bits per heavy atom. The first-order valence-electron chi connectivity index (χ1n) is 5.73. The molecular weight excluding hydrogens is 220 g/mol. The molecule has 0 spiro atoms. The molecule has 94 valence electrons. The fourth-order valence-corrected chi connectivity index (χ4v) is 1.47. The van der Waals surface area contributed by atoms with Gasteiger partial charge in [-0.3, -0.25) is 9.59 Å². The summed E-state index contributed by atoms with van der Waals surface area (Å²) in [5.41, 5.74) is -0.211. The molecule has 1 unspecified atom stereocenters. The molecule has 0 radical (unpaired) electrons. The molecule has 1 rings (SSSR count). The summed E-state index contributed by atoms with van der Waals surface area (Å²) >= 11 is 0. The molecule has 1 aromatic heterocycles. The molecule has 1 atom stereocenters. The van der Waals surface area contributed by atoms with Gasteiger partial charge in [0.1, 0.15) is 6.54 Å². The molecular formula is C12H18N2O3. The van der Waals surface area contributed by atoms with Gasteiger partial charge >= 0.3 is 0 Å². The van der Waals surface area contributed by atoms with Crippen molar-refractivity contribution in [2.24, 2.45) is 0 Å². The molecule has 0 fully saturated rings. The summed E-state index contributed by atoms with van der Waals surface area (Å²) < 4.78 is 1.32. The number of carbonyl (C=O) groups excluding carboxylic acids is 1. The third-order valence-electron chi connectivity index (χ3n) is 2.37. The van der Waals surface area contributed by atoms with Gasteiger partial charge in [0.05, 0.1) is 6.10 Å². The third kappa shape index (κ3) is 4.82. The summed E-state index contributed by atoms with van der Waals surface area (Å²) in [4.78, 5) is 22.8. The maximum absolute atomic E-state index is 11.5. The van der Waals surface area contributed by atoms with E-state index in [2.05, 4.69) is 5.32 Å². The number of pyridine rings is 1. The molecule has 5 heteroatoms. The molecule has 2 N–H and O–H groups in total. The van der Waals surface area contributed by atoms with Crippen molar-refractivity contribution in [1.29, 1.82) is 0 Å². The number of nitrogens with zero attached hydrogens (tertiary/aromatic N) is 1. The predicted molar refractivity (Wildman–Crippen MR) is 64.6 cm³/mol. The van der Waals surface area contributed by atoms with Gasteiger partial charge < -0.3 is 15.0 Å². The molecule has 1 heterocycles. The number of aliphatic hydroxyl groups excluding tert-OH is 1. The number of nitrogens with one attached hydrogen (secondary N) is 1. The van der Waals surface area contributed by atoms with E-state index >= 15 is 0 Å². The topological polar surface area (TPSA) is 71.3 Å². The van der Waals surface area contributed by atoms with Crippen LogP contribution < -0.4 is 10.9 Å². The largest absolute Gasteiger partial charge is 0.391 e. The number of carbonyl (C=O) groups is 1. The molecule has 17 heavy (non-hydrogen) atoms. The summed E-state index contributed by atoms with van der Waals surface area (Å²) in [6.07, 6.45) is 2.57. The van der Waals surface area contributed by atoms with Crippen LogP contribution in [-0.2, 0) is 11.3 Å². The standard InChI is InChI=1S/C12H18N2O3/c1-2-5-10(15)8-13-11(16)9-14-7-4-3-6-12(14)17/h3-4,6-7,10,15H,2,5,8-9H2,1H3,(H,13,16). The highest BCUT2D eigenvalue weighted by atomic mass is 16.3. The van der Waals surface area contributed by atoms with E-state index in [1.54, 1.807) is 18.3 Å². The minimum Gasteiger partial charge on any atom is -0.391 e. The first kappa shape index (κ1) is 13.4. The lowest BCUT2D eigenvalue weighted by Crippen LogP contribution is -2.36. The lowest BCUT2D eigenvalue weighted by molar-refractivity contribution is -0.122. The van der Waals surface area contributed by atoms with Crippen LogP contribution in [0, 0.1) is 0 Å². The van der Waals surface area contributed by atoms with Gasteiger partial charge in [-0.2, -0.15) is 0 Å². The van der Waals surface area contributed by atoms with Crippen LogP contribution in [0.25, 0.3) is 0 Å². The number of amides is 1. The SMILES string of the molecule is CCCC(O)CNC(=O)Cn1ccccc1=O. The van der Waals surface area contributed by atoms with Crippen LogP contribution >= 0.6 is 0 Å². The van der Waals surface area contributed by atoms with Gasteiger partial charge in [-0.25, -0.2) is 0 Å². The smallest absolute Gasteiger partial charge is 0.250 e. The Balaban J connectivity index is 2.40. The van der Waals surface area contributed by atoms with Crippen LogP contribution in [0.4, 0.5) is 0 Å². The fraction of sp³-hybridized carbons (Fsp3) is 0.500. The Labute approximate surface area is 100 Å². The van der Waals surface area contributed by atoms with Crippen molar-refractivity contribution in [3.05, 3.63) is 34.7 Å². The second-order valence-corrected chi connectivity index (χ2v) is 3.91. The van der Waals surface area contributed by atoms with Crippen molar-refractivity contribution in [2.45, 2.75) is 32.4 Å². The highest BCUT2D eigenvalue weighted by molar-refractivity contribution is 5.75. The Hall–Kier alpha value is -1.62. The maximum atomic E-state index is 11.5. The molecule has 0 aromatic carbocycles. The average Bonchev–Trinajstić information content (AvgIpc) is 2.30. The molecule has 1 aromatic rings. The maximum Gasteiger partial charge on any atom is 0.250 e. The van der Waals surface area contributed by atoms with Gasteiger partial charge in [0, 0.05) is 18.8 Å². The molecule has 1 amide bonds. The normalized spacial score (nSPS) is 12.1. The monoisotopic (exact) mass is 238 g/mol. The van der Waals surface area contributed by atoms with Crippen molar-refractivity contribution in [3.8, 4) is 0 Å². The predicted octanol–water partition coefficient (Wildman–Crippen LogP) is 0.125. The minimum atomic E-state index is -0.517. The molecule has 0 saturated heterocycles. The Bertz CT molecular complexity index is 414. The van der Waals surface area contributed by atoms with Crippen molar-refractivity contribution in [3.63, 3.8) is 0 Å². The highest BCUT2D eigenvalue weighted by Crippen LogP contribution is 1.93. The van der Waals surface area contributed by atoms with E-state index in [9.17, 15) is 14.7 Å². The number of aromatic nitrogens is 1. The average molecular weight is 238 g/mol. The van der Waals surface area contributed by atoms with Crippen molar-refractivity contribution < 1.29 is 9.90 Å². The van der Waals surface area contributed by atoms with Crippen LogP contribution in [0.5, 0.6) is 0 Å². The number of aliphatic hydroxyl groups is 1. The Morgan fingerprint density at radius 3 is 2.94 bits per heavy atom. The van der Waals surface area contributed by atoms with Gasteiger partial charge in [0.15, 0.2) is 0 Å². The Kier molecular flexibility index (Phi) is 5.42. The van der Waals surface area contributed by atoms with Crippen molar-refractivity contribution in [1.82, 2.24) is 9.88 Å². The molecule has 0 aliphatic carbocycles. The van der Waals surface area contributed by atoms with E-state index in [0.717, 1.165) is 6.42 Å². The summed E-state index contributed by atoms with van der Waals surface area (Å²) in [5, 5.41) is 12.0. The fourth-order valence-electron chi connectivity index (χ4n) is 1.47. The zero-order valence-corrected chi connectivity index (χ0v) is 9.93. The Morgan fingerprint density at radius 1 is 1.53 bits per heavy atom. The van der Waals surface area contributed by atoms with Crippen LogP contribution in [0.3, 0.4) is 0 Å². The number of hydrogen-bond donors (Lipinski definition) is 2. The van der Waals surface area contributed by atoms with Gasteiger partial charge in [-0.05, 0) is 12.5 Å². The van der Waals surface area contributed by atoms with E-state index in [1.165, 1.54) is 10.6 Å². The molecule has 5 nitrogen and oxygen atoms in total. The number of rotatable bonds is 6. The highest BCUT2D eigenvalue weighted by Gasteiger charge is 2.07. The second-order valence-electron chi connectivity index (χ2n) is 3.91. The van der Waals surface area contributed by atoms with Gasteiger partial charge in [0.25, 0.3) is 5.56 Å². The summed E-state index contributed by atoms with van der Waals surface area (Å²) in [6, 6.07) is 4.72.